The fraction of sp³-hybridized carbons (Fsp3) is 0.500. The zero-order chi connectivity index (χ0) is 15.5. The molecule has 1 atom stereocenters. The summed E-state index contributed by atoms with van der Waals surface area (Å²) >= 11 is 0. The highest BCUT2D eigenvalue weighted by Gasteiger charge is 2.22. The molecule has 21 heavy (non-hydrogen) atoms. The second-order valence-corrected chi connectivity index (χ2v) is 7.12. The Labute approximate surface area is 125 Å². The maximum Gasteiger partial charge on any atom is 0.244 e. The molecular formula is C14H20N2O4S. The molecule has 1 saturated heterocycles. The van der Waals surface area contributed by atoms with E-state index in [0.29, 0.717) is 26.3 Å². The van der Waals surface area contributed by atoms with Crippen LogP contribution in [0.15, 0.2) is 29.2 Å². The molecule has 1 unspecified atom stereocenters. The number of ether oxygens (including phenoxy) is 1. The van der Waals surface area contributed by atoms with Crippen LogP contribution >= 0.6 is 0 Å². The van der Waals surface area contributed by atoms with E-state index < -0.39 is 9.84 Å². The third-order valence-corrected chi connectivity index (χ3v) is 4.49. The van der Waals surface area contributed by atoms with Crippen molar-refractivity contribution in [3.05, 3.63) is 24.3 Å². The van der Waals surface area contributed by atoms with Crippen molar-refractivity contribution >= 4 is 21.4 Å². The Kier molecular flexibility index (Phi) is 4.84. The number of sulfone groups is 1. The summed E-state index contributed by atoms with van der Waals surface area (Å²) in [5.41, 5.74) is 0.719. The van der Waals surface area contributed by atoms with E-state index in [9.17, 15) is 13.2 Å². The molecule has 1 aromatic carbocycles. The maximum atomic E-state index is 12.2. The molecule has 116 valence electrons. The minimum atomic E-state index is -3.20. The summed E-state index contributed by atoms with van der Waals surface area (Å²) < 4.78 is 28.0. The molecule has 1 fully saturated rings. The monoisotopic (exact) mass is 312 g/mol. The third kappa shape index (κ3) is 4.18. The van der Waals surface area contributed by atoms with Crippen molar-refractivity contribution in [3.8, 4) is 0 Å². The van der Waals surface area contributed by atoms with E-state index in [1.54, 1.807) is 24.0 Å². The van der Waals surface area contributed by atoms with Gasteiger partial charge in [-0.2, -0.15) is 0 Å². The summed E-state index contributed by atoms with van der Waals surface area (Å²) in [6, 6.07) is 6.03. The molecule has 1 N–H and O–H groups in total. The first-order valence-electron chi connectivity index (χ1n) is 6.81. The zero-order valence-corrected chi connectivity index (χ0v) is 13.0. The van der Waals surface area contributed by atoms with Crippen LogP contribution in [-0.4, -0.2) is 57.8 Å². The average Bonchev–Trinajstić information content (AvgIpc) is 2.47. The van der Waals surface area contributed by atoms with E-state index in [1.807, 2.05) is 0 Å². The van der Waals surface area contributed by atoms with Gasteiger partial charge < -0.3 is 15.0 Å². The van der Waals surface area contributed by atoms with Gasteiger partial charge in [-0.05, 0) is 31.2 Å². The number of carbonyl (C=O) groups excluding carboxylic acids is 1. The van der Waals surface area contributed by atoms with Crippen LogP contribution in [0.25, 0.3) is 0 Å². The van der Waals surface area contributed by atoms with Gasteiger partial charge in [0.1, 0.15) is 6.04 Å². The number of hydrogen-bond donors (Lipinski definition) is 1. The normalized spacial score (nSPS) is 17.3. The van der Waals surface area contributed by atoms with Crippen LogP contribution < -0.4 is 5.32 Å². The molecule has 0 aliphatic carbocycles. The maximum absolute atomic E-state index is 12.2. The number of nitrogens with zero attached hydrogens (tertiary/aromatic N) is 1. The van der Waals surface area contributed by atoms with Gasteiger partial charge in [0.2, 0.25) is 5.91 Å². The predicted octanol–water partition coefficient (Wildman–Crippen LogP) is 0.749. The quantitative estimate of drug-likeness (QED) is 0.888. The molecule has 0 aromatic heterocycles. The Bertz CT molecular complexity index is 592. The first-order chi connectivity index (χ1) is 9.88. The van der Waals surface area contributed by atoms with Crippen molar-refractivity contribution < 1.29 is 17.9 Å². The highest BCUT2D eigenvalue weighted by Crippen LogP contribution is 2.15. The molecule has 0 radical (unpaired) electrons. The number of morpholine rings is 1. The molecule has 1 aromatic rings. The smallest absolute Gasteiger partial charge is 0.244 e. The Hall–Kier alpha value is -1.60. The van der Waals surface area contributed by atoms with Gasteiger partial charge in [0.15, 0.2) is 9.84 Å². The third-order valence-electron chi connectivity index (χ3n) is 3.36. The van der Waals surface area contributed by atoms with Gasteiger partial charge in [0, 0.05) is 25.0 Å². The van der Waals surface area contributed by atoms with E-state index in [0.717, 1.165) is 5.69 Å². The average molecular weight is 312 g/mol. The van der Waals surface area contributed by atoms with E-state index in [1.165, 1.54) is 18.4 Å². The van der Waals surface area contributed by atoms with Gasteiger partial charge in [-0.25, -0.2) is 8.42 Å². The van der Waals surface area contributed by atoms with Crippen molar-refractivity contribution in [1.29, 1.82) is 0 Å². The van der Waals surface area contributed by atoms with E-state index >= 15 is 0 Å². The lowest BCUT2D eigenvalue weighted by Crippen LogP contribution is -2.46. The second kappa shape index (κ2) is 6.44. The summed E-state index contributed by atoms with van der Waals surface area (Å²) in [4.78, 5) is 14.3. The van der Waals surface area contributed by atoms with E-state index in [2.05, 4.69) is 5.32 Å². The first kappa shape index (κ1) is 15.8. The molecule has 1 heterocycles. The van der Waals surface area contributed by atoms with Gasteiger partial charge in [0.05, 0.1) is 18.1 Å². The number of amides is 1. The van der Waals surface area contributed by atoms with E-state index in [4.69, 9.17) is 4.74 Å². The van der Waals surface area contributed by atoms with Crippen molar-refractivity contribution in [2.75, 3.05) is 37.9 Å². The minimum absolute atomic E-state index is 0.0190. The summed E-state index contributed by atoms with van der Waals surface area (Å²) in [6.45, 7) is 4.15. The summed E-state index contributed by atoms with van der Waals surface area (Å²) in [5.74, 6) is 0.0190. The van der Waals surface area contributed by atoms with Crippen LogP contribution in [0.5, 0.6) is 0 Å². The van der Waals surface area contributed by atoms with Crippen LogP contribution in [0.4, 0.5) is 5.69 Å². The zero-order valence-electron chi connectivity index (χ0n) is 12.2. The van der Waals surface area contributed by atoms with Crippen molar-refractivity contribution in [2.24, 2.45) is 0 Å². The molecule has 0 bridgehead atoms. The summed E-state index contributed by atoms with van der Waals surface area (Å²) in [5, 5.41) is 3.09. The molecule has 7 heteroatoms. The number of rotatable bonds is 4. The minimum Gasteiger partial charge on any atom is -0.378 e. The van der Waals surface area contributed by atoms with Crippen LogP contribution in [0.2, 0.25) is 0 Å². The molecule has 1 amide bonds. The molecule has 0 saturated carbocycles. The molecule has 1 aliphatic heterocycles. The van der Waals surface area contributed by atoms with Crippen LogP contribution in [0.3, 0.4) is 0 Å². The van der Waals surface area contributed by atoms with Gasteiger partial charge in [-0.1, -0.05) is 0 Å². The van der Waals surface area contributed by atoms with Crippen molar-refractivity contribution in [3.63, 3.8) is 0 Å². The predicted molar refractivity (Wildman–Crippen MR) is 80.0 cm³/mol. The van der Waals surface area contributed by atoms with Crippen molar-refractivity contribution in [2.45, 2.75) is 17.9 Å². The van der Waals surface area contributed by atoms with Gasteiger partial charge in [-0.15, -0.1) is 0 Å². The Balaban J connectivity index is 1.98. The first-order valence-corrected chi connectivity index (χ1v) is 8.70. The molecular weight excluding hydrogens is 292 g/mol. The highest BCUT2D eigenvalue weighted by atomic mass is 32.2. The lowest BCUT2D eigenvalue weighted by Gasteiger charge is -2.29. The highest BCUT2D eigenvalue weighted by molar-refractivity contribution is 7.90. The van der Waals surface area contributed by atoms with E-state index in [-0.39, 0.29) is 16.8 Å². The number of carbonyl (C=O) groups is 1. The number of hydrogen-bond acceptors (Lipinski definition) is 5. The van der Waals surface area contributed by atoms with Gasteiger partial charge >= 0.3 is 0 Å². The Morgan fingerprint density at radius 2 is 1.81 bits per heavy atom. The SMILES string of the molecule is CC(Nc1ccc(S(C)(=O)=O)cc1)C(=O)N1CCOCC1. The standard InChI is InChI=1S/C14H20N2O4S/c1-11(14(17)16-7-9-20-10-8-16)15-12-3-5-13(6-4-12)21(2,18)19/h3-6,11,15H,7-10H2,1-2H3. The lowest BCUT2D eigenvalue weighted by molar-refractivity contribution is -0.135. The van der Waals surface area contributed by atoms with Gasteiger partial charge in [0.25, 0.3) is 0 Å². The van der Waals surface area contributed by atoms with Crippen LogP contribution in [0, 0.1) is 0 Å². The molecule has 0 spiro atoms. The number of benzene rings is 1. The number of nitrogens with one attached hydrogen (secondary N) is 1. The number of anilines is 1. The summed E-state index contributed by atoms with van der Waals surface area (Å²) in [6.07, 6.45) is 1.17. The summed E-state index contributed by atoms with van der Waals surface area (Å²) in [7, 11) is -3.20. The van der Waals surface area contributed by atoms with Crippen LogP contribution in [-0.2, 0) is 19.4 Å². The van der Waals surface area contributed by atoms with Gasteiger partial charge in [-0.3, -0.25) is 4.79 Å². The Morgan fingerprint density at radius 1 is 1.24 bits per heavy atom. The van der Waals surface area contributed by atoms with Crippen molar-refractivity contribution in [1.82, 2.24) is 4.90 Å². The molecule has 2 rings (SSSR count). The lowest BCUT2D eigenvalue weighted by atomic mass is 10.2. The van der Waals surface area contributed by atoms with Crippen LogP contribution in [0.1, 0.15) is 6.92 Å². The second-order valence-electron chi connectivity index (χ2n) is 5.10. The fourth-order valence-corrected chi connectivity index (χ4v) is 2.80. The molecule has 6 nitrogen and oxygen atoms in total. The Morgan fingerprint density at radius 3 is 2.33 bits per heavy atom. The fourth-order valence-electron chi connectivity index (χ4n) is 2.17. The molecule has 1 aliphatic rings. The largest absolute Gasteiger partial charge is 0.378 e. The topological polar surface area (TPSA) is 75.7 Å².